The molecule has 152 valence electrons. The first-order chi connectivity index (χ1) is 12.9. The van der Waals surface area contributed by atoms with Gasteiger partial charge in [0.15, 0.2) is 5.75 Å². The van der Waals surface area contributed by atoms with E-state index in [-0.39, 0.29) is 0 Å². The van der Waals surface area contributed by atoms with Crippen molar-refractivity contribution in [2.45, 2.75) is 51.9 Å². The van der Waals surface area contributed by atoms with Gasteiger partial charge in [0.1, 0.15) is 0 Å². The van der Waals surface area contributed by atoms with E-state index in [0.29, 0.717) is 28.8 Å². The van der Waals surface area contributed by atoms with Crippen LogP contribution in [0.4, 0.5) is 5.69 Å². The molecule has 1 N–H and O–H groups in total. The summed E-state index contributed by atoms with van der Waals surface area (Å²) in [4.78, 5) is 0. The van der Waals surface area contributed by atoms with Crippen LogP contribution in [0.25, 0.3) is 0 Å². The minimum Gasteiger partial charge on any atom is -0.490 e. The van der Waals surface area contributed by atoms with Gasteiger partial charge in [0, 0.05) is 31.5 Å². The largest absolute Gasteiger partial charge is 0.490 e. The van der Waals surface area contributed by atoms with Crippen LogP contribution in [0.1, 0.15) is 51.9 Å². The summed E-state index contributed by atoms with van der Waals surface area (Å²) in [5.74, 6) is 0.560. The molecule has 6 heteroatoms. The molecule has 0 unspecified atom stereocenters. The summed E-state index contributed by atoms with van der Waals surface area (Å²) in [5, 5.41) is 13.1. The number of nitrogens with one attached hydrogen (secondary N) is 1. The Morgan fingerprint density at radius 1 is 1.04 bits per heavy atom. The number of benzene rings is 1. The number of hydrogen-bond donors (Lipinski definition) is 1. The monoisotopic (exact) mass is 414 g/mol. The molecule has 0 saturated carbocycles. The first kappa shape index (κ1) is 23.9. The Balaban J connectivity index is 2.41. The van der Waals surface area contributed by atoms with Crippen LogP contribution >= 0.6 is 23.2 Å². The highest BCUT2D eigenvalue weighted by Gasteiger charge is 2.15. The van der Waals surface area contributed by atoms with Gasteiger partial charge in [-0.1, -0.05) is 49.4 Å². The summed E-state index contributed by atoms with van der Waals surface area (Å²) >= 11 is 12.7. The normalized spacial score (nSPS) is 11.3. The SMILES string of the molecule is CCCCCCNc1cc(Cl)c(OCCC[N+](C)(C)CCCC#N)c(Cl)c1. The number of ether oxygens (including phenoxy) is 1. The third kappa shape index (κ3) is 10.1. The van der Waals surface area contributed by atoms with E-state index in [0.717, 1.165) is 49.1 Å². The highest BCUT2D eigenvalue weighted by Crippen LogP contribution is 2.36. The third-order valence-electron chi connectivity index (χ3n) is 4.56. The van der Waals surface area contributed by atoms with E-state index in [9.17, 15) is 0 Å². The summed E-state index contributed by atoms with van der Waals surface area (Å²) in [5.41, 5.74) is 0.934. The molecule has 0 aliphatic rings. The zero-order valence-electron chi connectivity index (χ0n) is 17.0. The van der Waals surface area contributed by atoms with Crippen LogP contribution in [0.5, 0.6) is 5.75 Å². The average Bonchev–Trinajstić information content (AvgIpc) is 2.60. The van der Waals surface area contributed by atoms with E-state index in [2.05, 4.69) is 32.4 Å². The van der Waals surface area contributed by atoms with Gasteiger partial charge in [-0.25, -0.2) is 0 Å². The van der Waals surface area contributed by atoms with Crippen molar-refractivity contribution < 1.29 is 9.22 Å². The summed E-state index contributed by atoms with van der Waals surface area (Å²) in [6, 6.07) is 5.96. The Morgan fingerprint density at radius 3 is 2.33 bits per heavy atom. The van der Waals surface area contributed by atoms with Crippen LogP contribution in [-0.4, -0.2) is 44.8 Å². The van der Waals surface area contributed by atoms with Crippen molar-refractivity contribution in [3.63, 3.8) is 0 Å². The predicted octanol–water partition coefficient (Wildman–Crippen LogP) is 6.13. The zero-order chi connectivity index (χ0) is 20.1. The van der Waals surface area contributed by atoms with Gasteiger partial charge >= 0.3 is 0 Å². The zero-order valence-corrected chi connectivity index (χ0v) is 18.5. The molecule has 4 nitrogen and oxygen atoms in total. The van der Waals surface area contributed by atoms with Crippen molar-refractivity contribution >= 4 is 28.9 Å². The Labute approximate surface area is 175 Å². The summed E-state index contributed by atoms with van der Waals surface area (Å²) in [7, 11) is 4.36. The Bertz CT molecular complexity index is 577. The highest BCUT2D eigenvalue weighted by molar-refractivity contribution is 6.37. The number of nitriles is 1. The smallest absolute Gasteiger partial charge is 0.156 e. The van der Waals surface area contributed by atoms with Gasteiger partial charge < -0.3 is 14.5 Å². The average molecular weight is 415 g/mol. The van der Waals surface area contributed by atoms with Crippen molar-refractivity contribution in [2.24, 2.45) is 0 Å². The third-order valence-corrected chi connectivity index (χ3v) is 5.13. The molecule has 0 saturated heterocycles. The highest BCUT2D eigenvalue weighted by atomic mass is 35.5. The van der Waals surface area contributed by atoms with Crippen molar-refractivity contribution in [2.75, 3.05) is 45.7 Å². The van der Waals surface area contributed by atoms with Crippen LogP contribution in [0.3, 0.4) is 0 Å². The van der Waals surface area contributed by atoms with Crippen molar-refractivity contribution in [1.29, 1.82) is 5.26 Å². The molecule has 0 fully saturated rings. The molecule has 0 aliphatic heterocycles. The van der Waals surface area contributed by atoms with Crippen LogP contribution < -0.4 is 10.1 Å². The van der Waals surface area contributed by atoms with Gasteiger partial charge in [0.2, 0.25) is 0 Å². The second-order valence-corrected chi connectivity index (χ2v) is 8.42. The van der Waals surface area contributed by atoms with Gasteiger partial charge in [-0.05, 0) is 18.6 Å². The Morgan fingerprint density at radius 2 is 1.70 bits per heavy atom. The van der Waals surface area contributed by atoms with Gasteiger partial charge in [-0.3, -0.25) is 0 Å². The lowest BCUT2D eigenvalue weighted by Crippen LogP contribution is -2.41. The van der Waals surface area contributed by atoms with Crippen molar-refractivity contribution in [3.05, 3.63) is 22.2 Å². The first-order valence-electron chi connectivity index (χ1n) is 9.94. The summed E-state index contributed by atoms with van der Waals surface area (Å²) < 4.78 is 6.73. The maximum absolute atomic E-state index is 8.65. The lowest BCUT2D eigenvalue weighted by molar-refractivity contribution is -0.890. The lowest BCUT2D eigenvalue weighted by atomic mass is 10.2. The first-order valence-corrected chi connectivity index (χ1v) is 10.7. The maximum Gasteiger partial charge on any atom is 0.156 e. The van der Waals surface area contributed by atoms with E-state index in [1.54, 1.807) is 0 Å². The fourth-order valence-electron chi connectivity index (χ4n) is 2.95. The fourth-order valence-corrected chi connectivity index (χ4v) is 3.55. The number of quaternary nitrogens is 1. The number of hydrogen-bond acceptors (Lipinski definition) is 3. The maximum atomic E-state index is 8.65. The Kier molecular flexibility index (Phi) is 11.6. The van der Waals surface area contributed by atoms with Crippen LogP contribution in [0.15, 0.2) is 12.1 Å². The quantitative estimate of drug-likeness (QED) is 0.293. The van der Waals surface area contributed by atoms with E-state index in [4.69, 9.17) is 33.2 Å². The lowest BCUT2D eigenvalue weighted by Gasteiger charge is -2.29. The van der Waals surface area contributed by atoms with Crippen LogP contribution in [0, 0.1) is 11.3 Å². The van der Waals surface area contributed by atoms with Gasteiger partial charge in [-0.15, -0.1) is 0 Å². The number of anilines is 1. The van der Waals surface area contributed by atoms with Crippen LogP contribution in [0.2, 0.25) is 10.0 Å². The van der Waals surface area contributed by atoms with Gasteiger partial charge in [-0.2, -0.15) is 5.26 Å². The minimum atomic E-state index is 0.543. The molecule has 1 aromatic carbocycles. The van der Waals surface area contributed by atoms with Crippen molar-refractivity contribution in [3.8, 4) is 11.8 Å². The fraction of sp³-hybridized carbons (Fsp3) is 0.667. The molecule has 27 heavy (non-hydrogen) atoms. The number of unbranched alkanes of at least 4 members (excludes halogenated alkanes) is 4. The molecule has 0 heterocycles. The van der Waals surface area contributed by atoms with E-state index < -0.39 is 0 Å². The molecule has 0 atom stereocenters. The van der Waals surface area contributed by atoms with E-state index in [1.165, 1.54) is 19.3 Å². The molecule has 0 bridgehead atoms. The number of halogens is 2. The topological polar surface area (TPSA) is 45.0 Å². The molecule has 0 aliphatic carbocycles. The minimum absolute atomic E-state index is 0.543. The molecule has 0 radical (unpaired) electrons. The standard InChI is InChI=1S/C21H34Cl2N3O/c1-4-5-6-8-12-25-18-16-19(22)21(20(23)17-18)27-15-10-14-26(2,3)13-9-7-11-24/h16-17,25H,4-10,12-15H2,1-3H3/q+1. The summed E-state index contributed by atoms with van der Waals surface area (Å²) in [6.07, 6.45) is 7.33. The molecular weight excluding hydrogens is 381 g/mol. The van der Waals surface area contributed by atoms with Gasteiger partial charge in [0.05, 0.1) is 49.9 Å². The molecule has 0 amide bonds. The van der Waals surface area contributed by atoms with E-state index >= 15 is 0 Å². The molecule has 0 aromatic heterocycles. The molecule has 0 spiro atoms. The molecular formula is C21H34Cl2N3O+. The van der Waals surface area contributed by atoms with Gasteiger partial charge in [0.25, 0.3) is 0 Å². The predicted molar refractivity (Wildman–Crippen MR) is 116 cm³/mol. The molecule has 1 rings (SSSR count). The molecule has 1 aromatic rings. The Hall–Kier alpha value is -1.15. The second-order valence-electron chi connectivity index (χ2n) is 7.60. The number of nitrogens with zero attached hydrogens (tertiary/aromatic N) is 2. The van der Waals surface area contributed by atoms with Crippen LogP contribution in [-0.2, 0) is 0 Å². The second kappa shape index (κ2) is 13.1. The summed E-state index contributed by atoms with van der Waals surface area (Å²) in [6.45, 7) is 5.68. The number of rotatable bonds is 14. The van der Waals surface area contributed by atoms with E-state index in [1.807, 2.05) is 12.1 Å². The van der Waals surface area contributed by atoms with Crippen molar-refractivity contribution in [1.82, 2.24) is 0 Å².